The Hall–Kier alpha value is -2.22. The topological polar surface area (TPSA) is 80.2 Å². The molecule has 3 heterocycles. The summed E-state index contributed by atoms with van der Waals surface area (Å²) < 4.78 is 5.10. The predicted octanol–water partition coefficient (Wildman–Crippen LogP) is 4.18. The van der Waals surface area contributed by atoms with E-state index < -0.39 is 0 Å². The van der Waals surface area contributed by atoms with Crippen molar-refractivity contribution >= 4 is 34.2 Å². The van der Waals surface area contributed by atoms with Crippen molar-refractivity contribution in [3.8, 4) is 0 Å². The molecule has 2 fully saturated rings. The number of esters is 1. The van der Waals surface area contributed by atoms with Gasteiger partial charge < -0.3 is 15.0 Å². The van der Waals surface area contributed by atoms with E-state index in [1.807, 2.05) is 18.4 Å². The van der Waals surface area contributed by atoms with Gasteiger partial charge in [-0.3, -0.25) is 4.79 Å². The van der Waals surface area contributed by atoms with Crippen LogP contribution < -0.4 is 10.2 Å². The third-order valence-electron chi connectivity index (χ3n) is 6.13. The number of ether oxygens (including phenoxy) is 1. The highest BCUT2D eigenvalue weighted by Gasteiger charge is 2.37. The largest absolute Gasteiger partial charge is 0.469 e. The molecule has 0 radical (unpaired) electrons. The molecule has 0 aromatic carbocycles. The Balaban J connectivity index is 1.57. The van der Waals surface area contributed by atoms with Crippen LogP contribution in [0.3, 0.4) is 0 Å². The number of thiazole rings is 1. The van der Waals surface area contributed by atoms with Gasteiger partial charge in [0.1, 0.15) is 5.82 Å². The minimum Gasteiger partial charge on any atom is -0.469 e. The number of carbonyl (C=O) groups excluding carboxylic acids is 1. The molecule has 8 heteroatoms. The van der Waals surface area contributed by atoms with Crippen LogP contribution in [0.15, 0.2) is 17.6 Å². The third-order valence-corrected chi connectivity index (χ3v) is 6.82. The number of hydrogen-bond acceptors (Lipinski definition) is 8. The molecule has 29 heavy (non-hydrogen) atoms. The average molecular weight is 416 g/mol. The van der Waals surface area contributed by atoms with Gasteiger partial charge >= 0.3 is 5.97 Å². The van der Waals surface area contributed by atoms with Crippen LogP contribution in [0, 0.1) is 24.7 Å². The van der Waals surface area contributed by atoms with Gasteiger partial charge in [0, 0.05) is 36.4 Å². The zero-order valence-electron chi connectivity index (χ0n) is 17.1. The average Bonchev–Trinajstić information content (AvgIpc) is 3.26. The van der Waals surface area contributed by atoms with E-state index in [1.54, 1.807) is 6.20 Å². The maximum atomic E-state index is 12.4. The van der Waals surface area contributed by atoms with E-state index >= 15 is 0 Å². The first-order valence-electron chi connectivity index (χ1n) is 10.5. The van der Waals surface area contributed by atoms with Crippen LogP contribution >= 0.6 is 11.3 Å². The van der Waals surface area contributed by atoms with Crippen molar-refractivity contribution in [1.82, 2.24) is 15.0 Å². The lowest BCUT2D eigenvalue weighted by molar-refractivity contribution is -0.146. The molecule has 7 nitrogen and oxygen atoms in total. The molecule has 2 aromatic heterocycles. The summed E-state index contributed by atoms with van der Waals surface area (Å²) in [4.78, 5) is 28.3. The molecule has 1 saturated carbocycles. The molecule has 2 aliphatic rings. The van der Waals surface area contributed by atoms with E-state index in [1.165, 1.54) is 50.6 Å². The zero-order valence-corrected chi connectivity index (χ0v) is 18.0. The highest BCUT2D eigenvalue weighted by Crippen LogP contribution is 2.37. The summed E-state index contributed by atoms with van der Waals surface area (Å²) in [6, 6.07) is 1.92. The Morgan fingerprint density at radius 2 is 2.03 bits per heavy atom. The van der Waals surface area contributed by atoms with E-state index in [-0.39, 0.29) is 11.9 Å². The molecule has 1 aliphatic carbocycles. The second kappa shape index (κ2) is 9.07. The molecule has 0 amide bonds. The molecule has 1 aliphatic heterocycles. The molecular formula is C21H29N5O2S. The summed E-state index contributed by atoms with van der Waals surface area (Å²) in [5, 5.41) is 6.00. The highest BCUT2D eigenvalue weighted by atomic mass is 32.1. The lowest BCUT2D eigenvalue weighted by Gasteiger charge is -2.41. The van der Waals surface area contributed by atoms with Gasteiger partial charge in [-0.1, -0.05) is 32.1 Å². The van der Waals surface area contributed by atoms with Crippen LogP contribution in [0.2, 0.25) is 0 Å². The van der Waals surface area contributed by atoms with Crippen molar-refractivity contribution in [3.63, 3.8) is 0 Å². The van der Waals surface area contributed by atoms with E-state index in [4.69, 9.17) is 14.7 Å². The molecule has 2 atom stereocenters. The summed E-state index contributed by atoms with van der Waals surface area (Å²) in [5.41, 5.74) is 0.892. The first-order valence-corrected chi connectivity index (χ1v) is 11.4. The van der Waals surface area contributed by atoms with Gasteiger partial charge in [-0.2, -0.15) is 4.98 Å². The molecule has 0 unspecified atom stereocenters. The quantitative estimate of drug-likeness (QED) is 0.734. The maximum Gasteiger partial charge on any atom is 0.310 e. The van der Waals surface area contributed by atoms with Crippen LogP contribution in [-0.2, 0) is 9.53 Å². The molecule has 4 rings (SSSR count). The Kier molecular flexibility index (Phi) is 6.28. The fraction of sp³-hybridized carbons (Fsp3) is 0.619. The van der Waals surface area contributed by atoms with Gasteiger partial charge in [-0.25, -0.2) is 9.97 Å². The van der Waals surface area contributed by atoms with Crippen molar-refractivity contribution in [1.29, 1.82) is 0 Å². The number of hydrogen-bond donors (Lipinski definition) is 1. The van der Waals surface area contributed by atoms with Gasteiger partial charge in [0.15, 0.2) is 5.13 Å². The van der Waals surface area contributed by atoms with E-state index in [0.29, 0.717) is 24.3 Å². The van der Waals surface area contributed by atoms with Crippen LogP contribution in [0.25, 0.3) is 0 Å². The van der Waals surface area contributed by atoms with Crippen LogP contribution in [0.1, 0.15) is 44.2 Å². The number of piperidine rings is 1. The normalized spacial score (nSPS) is 23.0. The Bertz CT molecular complexity index is 822. The maximum absolute atomic E-state index is 12.4. The SMILES string of the molecule is COC(=O)[C@@H]1C[C@H](C2CCCCC2)CN(c2nc(C)cc(Nc3nccs3)n2)C1. The lowest BCUT2D eigenvalue weighted by atomic mass is 9.74. The van der Waals surface area contributed by atoms with Crippen LogP contribution in [0.4, 0.5) is 16.9 Å². The van der Waals surface area contributed by atoms with Crippen LogP contribution in [0.5, 0.6) is 0 Å². The Morgan fingerprint density at radius 3 is 2.76 bits per heavy atom. The van der Waals surface area contributed by atoms with Crippen LogP contribution in [-0.4, -0.2) is 41.1 Å². The minimum atomic E-state index is -0.125. The van der Waals surface area contributed by atoms with E-state index in [0.717, 1.165) is 29.6 Å². The summed E-state index contributed by atoms with van der Waals surface area (Å²) >= 11 is 1.53. The van der Waals surface area contributed by atoms with Gasteiger partial charge in [0.25, 0.3) is 0 Å². The van der Waals surface area contributed by atoms with E-state index in [2.05, 4.69) is 15.2 Å². The number of nitrogens with zero attached hydrogens (tertiary/aromatic N) is 4. The molecule has 2 aromatic rings. The summed E-state index contributed by atoms with van der Waals surface area (Å²) in [6.45, 7) is 3.48. The van der Waals surface area contributed by atoms with Crippen molar-refractivity contribution in [2.75, 3.05) is 30.4 Å². The monoisotopic (exact) mass is 415 g/mol. The molecule has 0 bridgehead atoms. The van der Waals surface area contributed by atoms with Crippen molar-refractivity contribution in [3.05, 3.63) is 23.3 Å². The first kappa shape index (κ1) is 20.1. The highest BCUT2D eigenvalue weighted by molar-refractivity contribution is 7.13. The number of nitrogens with one attached hydrogen (secondary N) is 1. The first-order chi connectivity index (χ1) is 14.1. The van der Waals surface area contributed by atoms with Crippen molar-refractivity contribution in [2.24, 2.45) is 17.8 Å². The fourth-order valence-electron chi connectivity index (χ4n) is 4.74. The molecule has 156 valence electrons. The van der Waals surface area contributed by atoms with E-state index in [9.17, 15) is 4.79 Å². The number of methoxy groups -OCH3 is 1. The number of rotatable bonds is 5. The summed E-state index contributed by atoms with van der Waals surface area (Å²) in [7, 11) is 1.48. The molecular weight excluding hydrogens is 386 g/mol. The zero-order chi connectivity index (χ0) is 20.2. The number of aromatic nitrogens is 3. The van der Waals surface area contributed by atoms with Crippen molar-refractivity contribution in [2.45, 2.75) is 45.4 Å². The number of aryl methyl sites for hydroxylation is 1. The molecule has 0 spiro atoms. The summed E-state index contributed by atoms with van der Waals surface area (Å²) in [5.74, 6) is 2.32. The second-order valence-electron chi connectivity index (χ2n) is 8.18. The van der Waals surface area contributed by atoms with Crippen molar-refractivity contribution < 1.29 is 9.53 Å². The number of carbonyl (C=O) groups is 1. The Morgan fingerprint density at radius 1 is 1.21 bits per heavy atom. The molecule has 1 N–H and O–H groups in total. The lowest BCUT2D eigenvalue weighted by Crippen LogP contribution is -2.46. The molecule has 1 saturated heterocycles. The standard InChI is InChI=1S/C21H29N5O2S/c1-14-10-18(25-21-22-8-9-29-21)24-20(23-14)26-12-16(15-6-4-3-5-7-15)11-17(13-26)19(27)28-2/h8-10,15-17H,3-7,11-13H2,1-2H3,(H,22,23,24,25)/t16-,17+/m0/s1. The van der Waals surface area contributed by atoms with Gasteiger partial charge in [-0.15, -0.1) is 11.3 Å². The Labute approximate surface area is 175 Å². The summed E-state index contributed by atoms with van der Waals surface area (Å²) in [6.07, 6.45) is 9.13. The van der Waals surface area contributed by atoms with Gasteiger partial charge in [0.05, 0.1) is 13.0 Å². The fourth-order valence-corrected chi connectivity index (χ4v) is 5.27. The third kappa shape index (κ3) is 4.86. The number of anilines is 3. The predicted molar refractivity (Wildman–Crippen MR) is 115 cm³/mol. The van der Waals surface area contributed by atoms with Gasteiger partial charge in [0.2, 0.25) is 5.95 Å². The smallest absolute Gasteiger partial charge is 0.310 e. The minimum absolute atomic E-state index is 0.121. The second-order valence-corrected chi connectivity index (χ2v) is 9.07. The van der Waals surface area contributed by atoms with Gasteiger partial charge in [-0.05, 0) is 25.2 Å².